The van der Waals surface area contributed by atoms with Crippen LogP contribution in [0.3, 0.4) is 0 Å². The van der Waals surface area contributed by atoms with E-state index in [1.807, 2.05) is 36.5 Å². The van der Waals surface area contributed by atoms with Gasteiger partial charge in [-0.05, 0) is 43.2 Å². The first-order valence-electron chi connectivity index (χ1n) is 6.79. The zero-order valence-electron chi connectivity index (χ0n) is 12.5. The van der Waals surface area contributed by atoms with Crippen molar-refractivity contribution in [2.75, 3.05) is 20.6 Å². The highest BCUT2D eigenvalue weighted by Gasteiger charge is 2.19. The van der Waals surface area contributed by atoms with Crippen molar-refractivity contribution in [1.29, 1.82) is 0 Å². The molecule has 1 unspecified atom stereocenters. The molecule has 0 aliphatic carbocycles. The molecule has 1 N–H and O–H groups in total. The average molecular weight is 359 g/mol. The van der Waals surface area contributed by atoms with Crippen LogP contribution in [-0.4, -0.2) is 34.0 Å². The van der Waals surface area contributed by atoms with E-state index >= 15 is 0 Å². The lowest BCUT2D eigenvalue weighted by molar-refractivity contribution is 0.303. The van der Waals surface area contributed by atoms with Crippen molar-refractivity contribution in [1.82, 2.24) is 9.62 Å². The van der Waals surface area contributed by atoms with Gasteiger partial charge in [0.25, 0.3) is 0 Å². The Balaban J connectivity index is 2.00. The molecule has 120 valence electrons. The van der Waals surface area contributed by atoms with Crippen molar-refractivity contribution in [2.45, 2.75) is 11.8 Å². The quantitative estimate of drug-likeness (QED) is 0.827. The predicted molar refractivity (Wildman–Crippen MR) is 92.8 cm³/mol. The molecule has 0 spiro atoms. The summed E-state index contributed by atoms with van der Waals surface area (Å²) < 4.78 is 27.1. The molecule has 2 rings (SSSR count). The van der Waals surface area contributed by atoms with Crippen LogP contribution in [0, 0.1) is 0 Å². The van der Waals surface area contributed by atoms with E-state index in [0.717, 1.165) is 10.4 Å². The van der Waals surface area contributed by atoms with Gasteiger partial charge in [0.05, 0.1) is 11.8 Å². The molecule has 1 atom stereocenters. The van der Waals surface area contributed by atoms with Gasteiger partial charge in [-0.25, -0.2) is 13.1 Å². The Morgan fingerprint density at radius 3 is 2.45 bits per heavy atom. The summed E-state index contributed by atoms with van der Waals surface area (Å²) in [6.07, 6.45) is 0. The number of halogens is 1. The number of benzene rings is 1. The fourth-order valence-corrected chi connectivity index (χ4v) is 4.27. The van der Waals surface area contributed by atoms with Crippen molar-refractivity contribution in [3.63, 3.8) is 0 Å². The number of rotatable bonds is 7. The Hall–Kier alpha value is -0.920. The van der Waals surface area contributed by atoms with Crippen LogP contribution in [-0.2, 0) is 15.8 Å². The minimum Gasteiger partial charge on any atom is -0.300 e. The second kappa shape index (κ2) is 7.57. The predicted octanol–water partition coefficient (Wildman–Crippen LogP) is 3.12. The molecular weight excluding hydrogens is 340 g/mol. The molecule has 0 radical (unpaired) electrons. The zero-order chi connectivity index (χ0) is 16.2. The van der Waals surface area contributed by atoms with Gasteiger partial charge in [0.2, 0.25) is 10.0 Å². The molecule has 2 aromatic rings. The number of likely N-dealkylation sites (N-methyl/N-ethyl adjacent to an activating group) is 1. The van der Waals surface area contributed by atoms with Gasteiger partial charge in [-0.15, -0.1) is 11.3 Å². The van der Waals surface area contributed by atoms with Crippen molar-refractivity contribution < 1.29 is 8.42 Å². The van der Waals surface area contributed by atoms with Gasteiger partial charge >= 0.3 is 0 Å². The van der Waals surface area contributed by atoms with E-state index in [-0.39, 0.29) is 11.8 Å². The lowest BCUT2D eigenvalue weighted by Gasteiger charge is -2.23. The summed E-state index contributed by atoms with van der Waals surface area (Å²) in [4.78, 5) is 3.15. The highest BCUT2D eigenvalue weighted by molar-refractivity contribution is 7.88. The molecule has 1 aromatic heterocycles. The van der Waals surface area contributed by atoms with Crippen LogP contribution in [0.1, 0.15) is 16.5 Å². The third kappa shape index (κ3) is 5.07. The molecule has 0 bridgehead atoms. The number of sulfonamides is 1. The molecule has 0 fully saturated rings. The monoisotopic (exact) mass is 358 g/mol. The van der Waals surface area contributed by atoms with E-state index in [9.17, 15) is 8.42 Å². The summed E-state index contributed by atoms with van der Waals surface area (Å²) in [7, 11) is 0.502. The maximum absolute atomic E-state index is 12.2. The minimum atomic E-state index is -3.38. The molecule has 7 heteroatoms. The Morgan fingerprint density at radius 1 is 1.23 bits per heavy atom. The second-order valence-electron chi connectivity index (χ2n) is 5.23. The number of nitrogens with zero attached hydrogens (tertiary/aromatic N) is 1. The standard InChI is InChI=1S/C15H19ClN2O2S2/c1-18(2)14(15-4-3-9-21-15)10-17-22(19,20)11-12-5-7-13(16)8-6-12/h3-9,14,17H,10-11H2,1-2H3. The lowest BCUT2D eigenvalue weighted by Crippen LogP contribution is -2.34. The Labute approximate surface area is 140 Å². The smallest absolute Gasteiger partial charge is 0.215 e. The molecule has 0 aliphatic rings. The summed E-state index contributed by atoms with van der Waals surface area (Å²) in [5.41, 5.74) is 0.717. The number of hydrogen-bond donors (Lipinski definition) is 1. The minimum absolute atomic E-state index is 0.0278. The van der Waals surface area contributed by atoms with E-state index in [1.54, 1.807) is 35.6 Å². The highest BCUT2D eigenvalue weighted by Crippen LogP contribution is 2.22. The van der Waals surface area contributed by atoms with E-state index < -0.39 is 10.0 Å². The number of hydrogen-bond acceptors (Lipinski definition) is 4. The molecule has 0 amide bonds. The SMILES string of the molecule is CN(C)C(CNS(=O)(=O)Cc1ccc(Cl)cc1)c1cccs1. The van der Waals surface area contributed by atoms with Gasteiger partial charge in [-0.1, -0.05) is 29.8 Å². The Morgan fingerprint density at radius 2 is 1.91 bits per heavy atom. The number of thiophene rings is 1. The summed E-state index contributed by atoms with van der Waals surface area (Å²) >= 11 is 7.43. The fourth-order valence-electron chi connectivity index (χ4n) is 2.08. The van der Waals surface area contributed by atoms with Gasteiger partial charge in [0.1, 0.15) is 0 Å². The lowest BCUT2D eigenvalue weighted by atomic mass is 10.2. The van der Waals surface area contributed by atoms with E-state index in [0.29, 0.717) is 11.6 Å². The van der Waals surface area contributed by atoms with Gasteiger partial charge in [0.15, 0.2) is 0 Å². The first-order valence-corrected chi connectivity index (χ1v) is 9.70. The zero-order valence-corrected chi connectivity index (χ0v) is 14.9. The first-order chi connectivity index (χ1) is 10.4. The largest absolute Gasteiger partial charge is 0.300 e. The summed E-state index contributed by atoms with van der Waals surface area (Å²) in [6.45, 7) is 0.351. The van der Waals surface area contributed by atoms with E-state index in [1.165, 1.54) is 0 Å². The van der Waals surface area contributed by atoms with Crippen LogP contribution in [0.15, 0.2) is 41.8 Å². The second-order valence-corrected chi connectivity index (χ2v) is 8.45. The maximum Gasteiger partial charge on any atom is 0.215 e. The maximum atomic E-state index is 12.2. The normalized spacial score (nSPS) is 13.5. The van der Waals surface area contributed by atoms with Crippen LogP contribution in [0.5, 0.6) is 0 Å². The van der Waals surface area contributed by atoms with Gasteiger partial charge in [-0.3, -0.25) is 0 Å². The highest BCUT2D eigenvalue weighted by atomic mass is 35.5. The molecule has 0 saturated heterocycles. The first kappa shape index (κ1) is 17.4. The van der Waals surface area contributed by atoms with E-state index in [4.69, 9.17) is 11.6 Å². The molecule has 1 aromatic carbocycles. The van der Waals surface area contributed by atoms with Gasteiger partial charge < -0.3 is 4.90 Å². The van der Waals surface area contributed by atoms with Crippen LogP contribution in [0.4, 0.5) is 0 Å². The van der Waals surface area contributed by atoms with Crippen molar-refractivity contribution in [2.24, 2.45) is 0 Å². The van der Waals surface area contributed by atoms with Crippen LogP contribution >= 0.6 is 22.9 Å². The van der Waals surface area contributed by atoms with Crippen LogP contribution in [0.25, 0.3) is 0 Å². The third-order valence-corrected chi connectivity index (χ3v) is 5.81. The molecule has 4 nitrogen and oxygen atoms in total. The Kier molecular flexibility index (Phi) is 6.00. The van der Waals surface area contributed by atoms with Crippen LogP contribution < -0.4 is 4.72 Å². The molecule has 1 heterocycles. The van der Waals surface area contributed by atoms with E-state index in [2.05, 4.69) is 4.72 Å². The summed E-state index contributed by atoms with van der Waals surface area (Å²) in [5.74, 6) is -0.0469. The van der Waals surface area contributed by atoms with Gasteiger partial charge in [-0.2, -0.15) is 0 Å². The molecular formula is C15H19ClN2O2S2. The third-order valence-electron chi connectivity index (χ3n) is 3.26. The van der Waals surface area contributed by atoms with Crippen molar-refractivity contribution in [3.05, 3.63) is 57.2 Å². The van der Waals surface area contributed by atoms with Gasteiger partial charge in [0, 0.05) is 16.4 Å². The van der Waals surface area contributed by atoms with Crippen LogP contribution in [0.2, 0.25) is 5.02 Å². The fraction of sp³-hybridized carbons (Fsp3) is 0.333. The summed E-state index contributed by atoms with van der Waals surface area (Å²) in [5, 5.41) is 2.59. The number of nitrogens with one attached hydrogen (secondary N) is 1. The topological polar surface area (TPSA) is 49.4 Å². The molecule has 0 saturated carbocycles. The average Bonchev–Trinajstić information content (AvgIpc) is 2.95. The van der Waals surface area contributed by atoms with Crippen molar-refractivity contribution >= 4 is 33.0 Å². The Bertz CT molecular complexity index is 683. The summed E-state index contributed by atoms with van der Waals surface area (Å²) in [6, 6.07) is 10.9. The van der Waals surface area contributed by atoms with Crippen molar-refractivity contribution in [3.8, 4) is 0 Å². The molecule has 22 heavy (non-hydrogen) atoms. The molecule has 0 aliphatic heterocycles.